The van der Waals surface area contributed by atoms with Crippen molar-refractivity contribution < 1.29 is 19.1 Å². The zero-order chi connectivity index (χ0) is 24.9. The van der Waals surface area contributed by atoms with Crippen LogP contribution >= 0.6 is 0 Å². The monoisotopic (exact) mass is 480 g/mol. The quantitative estimate of drug-likeness (QED) is 0.306. The van der Waals surface area contributed by atoms with E-state index in [1.54, 1.807) is 12.1 Å². The Balaban J connectivity index is 1.43. The van der Waals surface area contributed by atoms with Gasteiger partial charge < -0.3 is 14.3 Å². The fourth-order valence-corrected chi connectivity index (χ4v) is 7.44. The van der Waals surface area contributed by atoms with E-state index in [2.05, 4.69) is 38.1 Å². The minimum absolute atomic E-state index is 0.237. The standard InChI is InChI=1S/C32H32O4/c1-31-17-18-32(2,27-24-16-10-9-15-23(24)19-25(27)31)29(36-30(34)22-13-7-4-8-14-22)28(31)35-26(20-33)21-11-5-3-6-12-21/h3-16,20,25-29H,17-19H2,1-2H3. The van der Waals surface area contributed by atoms with E-state index < -0.39 is 18.3 Å². The van der Waals surface area contributed by atoms with E-state index in [-0.39, 0.29) is 22.7 Å². The van der Waals surface area contributed by atoms with Crippen LogP contribution in [-0.2, 0) is 20.7 Å². The molecule has 4 aliphatic rings. The molecule has 4 heteroatoms. The fraction of sp³-hybridized carbons (Fsp3) is 0.375. The van der Waals surface area contributed by atoms with Crippen molar-refractivity contribution >= 4 is 12.3 Å². The zero-order valence-electron chi connectivity index (χ0n) is 20.8. The maximum Gasteiger partial charge on any atom is 0.338 e. The number of hydrogen-bond donors (Lipinski definition) is 0. The van der Waals surface area contributed by atoms with Crippen LogP contribution < -0.4 is 0 Å². The number of aldehydes is 1. The highest BCUT2D eigenvalue weighted by molar-refractivity contribution is 5.89. The highest BCUT2D eigenvalue weighted by atomic mass is 16.6. The Morgan fingerprint density at radius 3 is 2.22 bits per heavy atom. The van der Waals surface area contributed by atoms with Crippen LogP contribution in [0.25, 0.3) is 0 Å². The van der Waals surface area contributed by atoms with Crippen LogP contribution in [0.2, 0.25) is 0 Å². The predicted octanol–water partition coefficient (Wildman–Crippen LogP) is 6.31. The van der Waals surface area contributed by atoms with Gasteiger partial charge in [-0.25, -0.2) is 4.79 Å². The van der Waals surface area contributed by atoms with Gasteiger partial charge in [0.1, 0.15) is 18.3 Å². The molecule has 4 aliphatic carbocycles. The maximum absolute atomic E-state index is 13.4. The summed E-state index contributed by atoms with van der Waals surface area (Å²) in [6, 6.07) is 27.5. The third kappa shape index (κ3) is 3.46. The van der Waals surface area contributed by atoms with E-state index in [9.17, 15) is 9.59 Å². The summed E-state index contributed by atoms with van der Waals surface area (Å²) in [6.07, 6.45) is 2.21. The zero-order valence-corrected chi connectivity index (χ0v) is 20.8. The first-order valence-electron chi connectivity index (χ1n) is 13.0. The van der Waals surface area contributed by atoms with Crippen molar-refractivity contribution in [2.45, 2.75) is 57.3 Å². The molecule has 4 nitrogen and oxygen atoms in total. The van der Waals surface area contributed by atoms with Crippen molar-refractivity contribution in [3.63, 3.8) is 0 Å². The Morgan fingerprint density at radius 1 is 0.861 bits per heavy atom. The largest absolute Gasteiger partial charge is 0.455 e. The number of benzene rings is 3. The molecule has 7 atom stereocenters. The van der Waals surface area contributed by atoms with E-state index in [0.717, 1.165) is 31.1 Å². The second kappa shape index (κ2) is 8.70. The lowest BCUT2D eigenvalue weighted by molar-refractivity contribution is -0.250. The summed E-state index contributed by atoms with van der Waals surface area (Å²) in [4.78, 5) is 25.7. The number of hydrogen-bond acceptors (Lipinski definition) is 4. The van der Waals surface area contributed by atoms with Crippen molar-refractivity contribution in [2.75, 3.05) is 0 Å². The topological polar surface area (TPSA) is 52.6 Å². The molecular formula is C32H32O4. The summed E-state index contributed by atoms with van der Waals surface area (Å²) in [5.74, 6) is 0.317. The Kier molecular flexibility index (Phi) is 5.60. The van der Waals surface area contributed by atoms with Crippen molar-refractivity contribution in [2.24, 2.45) is 16.7 Å². The molecule has 0 aliphatic heterocycles. The molecule has 184 valence electrons. The second-order valence-electron chi connectivity index (χ2n) is 11.2. The summed E-state index contributed by atoms with van der Waals surface area (Å²) >= 11 is 0. The van der Waals surface area contributed by atoms with Crippen LogP contribution in [0.1, 0.15) is 65.8 Å². The van der Waals surface area contributed by atoms with Gasteiger partial charge in [0.2, 0.25) is 0 Å². The highest BCUT2D eigenvalue weighted by Crippen LogP contribution is 2.70. The smallest absolute Gasteiger partial charge is 0.338 e. The molecule has 0 spiro atoms. The number of carbonyl (C=O) groups excluding carboxylic acids is 2. The van der Waals surface area contributed by atoms with Gasteiger partial charge in [0.25, 0.3) is 0 Å². The minimum atomic E-state index is -0.712. The van der Waals surface area contributed by atoms with Crippen LogP contribution in [0.15, 0.2) is 84.9 Å². The Bertz CT molecular complexity index is 1270. The summed E-state index contributed by atoms with van der Waals surface area (Å²) in [7, 11) is 0. The van der Waals surface area contributed by atoms with Crippen LogP contribution in [0.4, 0.5) is 0 Å². The molecule has 2 bridgehead atoms. The number of rotatable bonds is 6. The molecule has 36 heavy (non-hydrogen) atoms. The predicted molar refractivity (Wildman–Crippen MR) is 138 cm³/mol. The molecule has 0 amide bonds. The van der Waals surface area contributed by atoms with E-state index in [0.29, 0.717) is 11.5 Å². The molecule has 3 saturated carbocycles. The van der Waals surface area contributed by atoms with Gasteiger partial charge in [-0.15, -0.1) is 0 Å². The Hall–Kier alpha value is -3.24. The summed E-state index contributed by atoms with van der Waals surface area (Å²) in [5, 5.41) is 0. The van der Waals surface area contributed by atoms with Crippen LogP contribution in [0, 0.1) is 16.7 Å². The van der Waals surface area contributed by atoms with Crippen molar-refractivity contribution in [3.05, 3.63) is 107 Å². The van der Waals surface area contributed by atoms with Crippen LogP contribution in [0.5, 0.6) is 0 Å². The molecule has 0 aromatic heterocycles. The Morgan fingerprint density at radius 2 is 1.50 bits per heavy atom. The van der Waals surface area contributed by atoms with Crippen molar-refractivity contribution in [3.8, 4) is 0 Å². The van der Waals surface area contributed by atoms with Gasteiger partial charge in [-0.1, -0.05) is 86.6 Å². The molecule has 7 rings (SSSR count). The summed E-state index contributed by atoms with van der Waals surface area (Å²) in [5.41, 5.74) is 3.58. The molecule has 0 N–H and O–H groups in total. The van der Waals surface area contributed by atoms with Gasteiger partial charge in [0.15, 0.2) is 6.29 Å². The van der Waals surface area contributed by atoms with Gasteiger partial charge in [-0.05, 0) is 59.9 Å². The molecule has 7 unspecified atom stereocenters. The molecule has 0 radical (unpaired) electrons. The third-order valence-electron chi connectivity index (χ3n) is 9.36. The molecule has 0 saturated heterocycles. The first kappa shape index (κ1) is 23.2. The number of esters is 1. The number of fused-ring (bicyclic) bond motifs is 3. The van der Waals surface area contributed by atoms with Crippen LogP contribution in [-0.4, -0.2) is 24.5 Å². The average molecular weight is 481 g/mol. The molecular weight excluding hydrogens is 448 g/mol. The minimum Gasteiger partial charge on any atom is -0.455 e. The van der Waals surface area contributed by atoms with Crippen molar-refractivity contribution in [1.29, 1.82) is 0 Å². The third-order valence-corrected chi connectivity index (χ3v) is 9.36. The second-order valence-corrected chi connectivity index (χ2v) is 11.2. The highest BCUT2D eigenvalue weighted by Gasteiger charge is 2.69. The van der Waals surface area contributed by atoms with Gasteiger partial charge in [0.05, 0.1) is 5.56 Å². The first-order chi connectivity index (χ1) is 17.5. The summed E-state index contributed by atoms with van der Waals surface area (Å²) in [6.45, 7) is 4.55. The van der Waals surface area contributed by atoms with Gasteiger partial charge >= 0.3 is 5.97 Å². The summed E-state index contributed by atoms with van der Waals surface area (Å²) < 4.78 is 13.2. The van der Waals surface area contributed by atoms with Crippen molar-refractivity contribution in [1.82, 2.24) is 0 Å². The SMILES string of the molecule is CC12CCC(C)(C(OC(=O)c3ccccc3)C1OC(C=O)c1ccccc1)C1c3ccccc3CC12. The molecule has 3 aromatic rings. The van der Waals surface area contributed by atoms with E-state index in [1.165, 1.54) is 11.1 Å². The molecule has 0 heterocycles. The van der Waals surface area contributed by atoms with Crippen LogP contribution in [0.3, 0.4) is 0 Å². The lowest BCUT2D eigenvalue weighted by atomic mass is 9.43. The lowest BCUT2D eigenvalue weighted by Gasteiger charge is -2.65. The molecule has 3 fully saturated rings. The van der Waals surface area contributed by atoms with Gasteiger partial charge in [-0.3, -0.25) is 0 Å². The first-order valence-corrected chi connectivity index (χ1v) is 13.0. The normalized spacial score (nSPS) is 32.8. The van der Waals surface area contributed by atoms with E-state index >= 15 is 0 Å². The number of carbonyl (C=O) groups is 2. The average Bonchev–Trinajstić information content (AvgIpc) is 3.33. The molecule has 3 aromatic carbocycles. The van der Waals surface area contributed by atoms with E-state index in [4.69, 9.17) is 9.47 Å². The fourth-order valence-electron chi connectivity index (χ4n) is 7.44. The van der Waals surface area contributed by atoms with E-state index in [1.807, 2.05) is 48.5 Å². The Labute approximate surface area is 212 Å². The lowest BCUT2D eigenvalue weighted by Crippen LogP contribution is -2.67. The maximum atomic E-state index is 13.4. The van der Waals surface area contributed by atoms with Gasteiger partial charge in [0, 0.05) is 10.8 Å². The van der Waals surface area contributed by atoms with Gasteiger partial charge in [-0.2, -0.15) is 0 Å². The number of ether oxygens (including phenoxy) is 2.